The topological polar surface area (TPSA) is 79.3 Å². The van der Waals surface area contributed by atoms with Crippen LogP contribution in [0.15, 0.2) is 18.2 Å². The van der Waals surface area contributed by atoms with Crippen molar-refractivity contribution in [2.24, 2.45) is 11.3 Å². The van der Waals surface area contributed by atoms with Gasteiger partial charge in [0.25, 0.3) is 0 Å². The number of likely N-dealkylation sites (tertiary alicyclic amines) is 2. The maximum Gasteiger partial charge on any atom is 0.229 e. The van der Waals surface area contributed by atoms with Crippen molar-refractivity contribution in [1.82, 2.24) is 9.80 Å². The van der Waals surface area contributed by atoms with Gasteiger partial charge in [0.15, 0.2) is 11.5 Å². The molecular weight excluding hydrogens is 384 g/mol. The van der Waals surface area contributed by atoms with E-state index in [1.54, 1.807) is 14.2 Å². The summed E-state index contributed by atoms with van der Waals surface area (Å²) in [6.45, 7) is 2.35. The molecular formula is C23H32N2O5. The minimum absolute atomic E-state index is 0.0516. The fourth-order valence-corrected chi connectivity index (χ4v) is 4.92. The standard InChI is InChI=1S/C23H32N2O5/c1-29-19-6-5-17(11-20(19)30-2)12-21(27)24-9-7-23(8-10-24)13-18(26)15-25(22(23)28)14-16-3-4-16/h5-6,11,16,18,26H,3-4,7-10,12-15H2,1-2H3. The zero-order valence-corrected chi connectivity index (χ0v) is 17.9. The van der Waals surface area contributed by atoms with Gasteiger partial charge in [-0.25, -0.2) is 0 Å². The van der Waals surface area contributed by atoms with Gasteiger partial charge in [-0.1, -0.05) is 6.07 Å². The molecule has 7 nitrogen and oxygen atoms in total. The second-order valence-electron chi connectivity index (χ2n) is 9.04. The van der Waals surface area contributed by atoms with Gasteiger partial charge in [-0.05, 0) is 55.7 Å². The van der Waals surface area contributed by atoms with Crippen molar-refractivity contribution in [3.63, 3.8) is 0 Å². The van der Waals surface area contributed by atoms with E-state index < -0.39 is 11.5 Å². The second kappa shape index (κ2) is 8.46. The number of methoxy groups -OCH3 is 2. The molecule has 2 aliphatic heterocycles. The summed E-state index contributed by atoms with van der Waals surface area (Å²) in [5, 5.41) is 10.4. The number of benzene rings is 1. The van der Waals surface area contributed by atoms with Crippen LogP contribution in [0.4, 0.5) is 0 Å². The molecule has 2 saturated heterocycles. The Kier molecular flexibility index (Phi) is 5.91. The average Bonchev–Trinajstić information content (AvgIpc) is 3.56. The lowest BCUT2D eigenvalue weighted by Crippen LogP contribution is -2.58. The highest BCUT2D eigenvalue weighted by molar-refractivity contribution is 5.85. The first-order chi connectivity index (χ1) is 14.4. The summed E-state index contributed by atoms with van der Waals surface area (Å²) < 4.78 is 10.6. The van der Waals surface area contributed by atoms with Crippen molar-refractivity contribution in [2.75, 3.05) is 40.4 Å². The molecule has 2 heterocycles. The van der Waals surface area contributed by atoms with Crippen LogP contribution < -0.4 is 9.47 Å². The molecule has 4 rings (SSSR count). The number of hydrogen-bond donors (Lipinski definition) is 1. The molecule has 3 aliphatic rings. The van der Waals surface area contributed by atoms with Crippen molar-refractivity contribution in [3.05, 3.63) is 23.8 Å². The molecule has 1 saturated carbocycles. The molecule has 7 heteroatoms. The van der Waals surface area contributed by atoms with Gasteiger partial charge in [-0.3, -0.25) is 9.59 Å². The number of carbonyl (C=O) groups is 2. The third-order valence-corrected chi connectivity index (χ3v) is 6.85. The zero-order valence-electron chi connectivity index (χ0n) is 17.9. The number of aliphatic hydroxyl groups is 1. The fourth-order valence-electron chi connectivity index (χ4n) is 4.92. The van der Waals surface area contributed by atoms with Crippen LogP contribution in [0.2, 0.25) is 0 Å². The van der Waals surface area contributed by atoms with Gasteiger partial charge in [0, 0.05) is 26.2 Å². The Morgan fingerprint density at radius 1 is 1.17 bits per heavy atom. The summed E-state index contributed by atoms with van der Waals surface area (Å²) in [4.78, 5) is 29.8. The zero-order chi connectivity index (χ0) is 21.3. The van der Waals surface area contributed by atoms with Crippen LogP contribution in [0, 0.1) is 11.3 Å². The lowest BCUT2D eigenvalue weighted by molar-refractivity contribution is -0.158. The van der Waals surface area contributed by atoms with Crippen molar-refractivity contribution in [3.8, 4) is 11.5 Å². The lowest BCUT2D eigenvalue weighted by atomic mass is 9.70. The van der Waals surface area contributed by atoms with E-state index in [-0.39, 0.29) is 18.2 Å². The number of carbonyl (C=O) groups excluding carboxylic acids is 2. The number of amides is 2. The summed E-state index contributed by atoms with van der Waals surface area (Å²) >= 11 is 0. The van der Waals surface area contributed by atoms with Crippen LogP contribution in [-0.2, 0) is 16.0 Å². The third-order valence-electron chi connectivity index (χ3n) is 6.85. The molecule has 0 radical (unpaired) electrons. The van der Waals surface area contributed by atoms with E-state index in [9.17, 15) is 14.7 Å². The van der Waals surface area contributed by atoms with Crippen LogP contribution in [0.1, 0.15) is 37.7 Å². The minimum Gasteiger partial charge on any atom is -0.493 e. The van der Waals surface area contributed by atoms with Crippen LogP contribution >= 0.6 is 0 Å². The van der Waals surface area contributed by atoms with Crippen molar-refractivity contribution >= 4 is 11.8 Å². The first-order valence-electron chi connectivity index (χ1n) is 10.9. The molecule has 1 N–H and O–H groups in total. The van der Waals surface area contributed by atoms with Crippen molar-refractivity contribution in [1.29, 1.82) is 0 Å². The summed E-state index contributed by atoms with van der Waals surface area (Å²) in [5.41, 5.74) is 0.366. The third kappa shape index (κ3) is 4.26. The molecule has 3 fully saturated rings. The van der Waals surface area contributed by atoms with E-state index in [2.05, 4.69) is 0 Å². The summed E-state index contributed by atoms with van der Waals surface area (Å²) in [7, 11) is 3.16. The number of piperidine rings is 2. The number of ether oxygens (including phenoxy) is 2. The van der Waals surface area contributed by atoms with Crippen LogP contribution in [0.5, 0.6) is 11.5 Å². The summed E-state index contributed by atoms with van der Waals surface area (Å²) in [6.07, 6.45) is 3.97. The molecule has 1 spiro atoms. The Hall–Kier alpha value is -2.28. The van der Waals surface area contributed by atoms with Crippen LogP contribution in [0.25, 0.3) is 0 Å². The largest absolute Gasteiger partial charge is 0.493 e. The number of nitrogens with zero attached hydrogens (tertiary/aromatic N) is 2. The van der Waals surface area contributed by atoms with E-state index in [1.165, 1.54) is 12.8 Å². The normalized spacial score (nSPS) is 23.6. The Bertz CT molecular complexity index is 797. The number of hydrogen-bond acceptors (Lipinski definition) is 5. The van der Waals surface area contributed by atoms with Gasteiger partial charge in [-0.2, -0.15) is 0 Å². The monoisotopic (exact) mass is 416 g/mol. The van der Waals surface area contributed by atoms with E-state index >= 15 is 0 Å². The maximum atomic E-state index is 13.2. The van der Waals surface area contributed by atoms with Gasteiger partial charge >= 0.3 is 0 Å². The predicted octanol–water partition coefficient (Wildman–Crippen LogP) is 1.86. The SMILES string of the molecule is COc1ccc(CC(=O)N2CCC3(CC2)CC(O)CN(CC2CC2)C3=O)cc1OC. The molecule has 1 unspecified atom stereocenters. The van der Waals surface area contributed by atoms with Gasteiger partial charge in [-0.15, -0.1) is 0 Å². The molecule has 30 heavy (non-hydrogen) atoms. The highest BCUT2D eigenvalue weighted by Gasteiger charge is 2.49. The van der Waals surface area contributed by atoms with Gasteiger partial charge in [0.2, 0.25) is 11.8 Å². The highest BCUT2D eigenvalue weighted by Crippen LogP contribution is 2.42. The van der Waals surface area contributed by atoms with E-state index in [0.717, 1.165) is 12.1 Å². The van der Waals surface area contributed by atoms with Crippen LogP contribution in [0.3, 0.4) is 0 Å². The van der Waals surface area contributed by atoms with Gasteiger partial charge in [0.05, 0.1) is 32.2 Å². The van der Waals surface area contributed by atoms with Gasteiger partial charge in [0.1, 0.15) is 0 Å². The van der Waals surface area contributed by atoms with Crippen molar-refractivity contribution in [2.45, 2.75) is 44.6 Å². The molecule has 1 aliphatic carbocycles. The van der Waals surface area contributed by atoms with Crippen LogP contribution in [-0.4, -0.2) is 73.2 Å². The summed E-state index contributed by atoms with van der Waals surface area (Å²) in [6, 6.07) is 5.52. The average molecular weight is 417 g/mol. The number of rotatable bonds is 6. The number of β-amino-alcohol motifs (C(OH)–C–C–N with tert-alkyl or cyclic N) is 1. The van der Waals surface area contributed by atoms with E-state index in [1.807, 2.05) is 28.0 Å². The predicted molar refractivity (Wildman–Crippen MR) is 111 cm³/mol. The smallest absolute Gasteiger partial charge is 0.229 e. The first-order valence-corrected chi connectivity index (χ1v) is 10.9. The molecule has 1 aromatic rings. The lowest BCUT2D eigenvalue weighted by Gasteiger charge is -2.48. The molecule has 1 atom stereocenters. The maximum absolute atomic E-state index is 13.2. The Balaban J connectivity index is 1.37. The number of aliphatic hydroxyl groups excluding tert-OH is 1. The fraction of sp³-hybridized carbons (Fsp3) is 0.652. The first kappa shape index (κ1) is 21.0. The van der Waals surface area contributed by atoms with Gasteiger partial charge < -0.3 is 24.4 Å². The molecule has 1 aromatic carbocycles. The Morgan fingerprint density at radius 3 is 2.50 bits per heavy atom. The quantitative estimate of drug-likeness (QED) is 0.766. The molecule has 2 amide bonds. The molecule has 164 valence electrons. The van der Waals surface area contributed by atoms with E-state index in [4.69, 9.17) is 9.47 Å². The van der Waals surface area contributed by atoms with E-state index in [0.29, 0.717) is 56.3 Å². The highest BCUT2D eigenvalue weighted by atomic mass is 16.5. The second-order valence-corrected chi connectivity index (χ2v) is 9.04. The minimum atomic E-state index is -0.507. The Labute approximate surface area is 177 Å². The molecule has 0 aromatic heterocycles. The molecule has 0 bridgehead atoms. The van der Waals surface area contributed by atoms with Crippen molar-refractivity contribution < 1.29 is 24.2 Å². The summed E-state index contributed by atoms with van der Waals surface area (Å²) in [5.74, 6) is 2.10. The Morgan fingerprint density at radius 2 is 1.87 bits per heavy atom.